The molecule has 2 amide bonds. The molecule has 0 unspecified atom stereocenters. The van der Waals surface area contributed by atoms with Crippen molar-refractivity contribution < 1.29 is 14.3 Å². The van der Waals surface area contributed by atoms with Gasteiger partial charge in [0.1, 0.15) is 5.69 Å². The third-order valence-electron chi connectivity index (χ3n) is 4.95. The molecule has 0 atom stereocenters. The zero-order chi connectivity index (χ0) is 21.1. The van der Waals surface area contributed by atoms with Crippen LogP contribution in [0.25, 0.3) is 0 Å². The standard InChI is InChI=1S/C21H35N5O3/c1-17(2)5-7-22-20(27)6-10-26(9-4-8-25-11-13-29-14-12-25)21(28)19-16-23-18(3)15-24-19/h15-17H,4-14H2,1-3H3,(H,22,27). The van der Waals surface area contributed by atoms with Gasteiger partial charge in [-0.2, -0.15) is 0 Å². The zero-order valence-corrected chi connectivity index (χ0v) is 18.0. The van der Waals surface area contributed by atoms with Gasteiger partial charge >= 0.3 is 0 Å². The Morgan fingerprint density at radius 1 is 1.21 bits per heavy atom. The fourth-order valence-corrected chi connectivity index (χ4v) is 3.12. The van der Waals surface area contributed by atoms with Crippen molar-refractivity contribution >= 4 is 11.8 Å². The Kier molecular flexibility index (Phi) is 10.0. The SMILES string of the molecule is Cc1cnc(C(=O)N(CCCN2CCOCC2)CCC(=O)NCCC(C)C)cn1. The second kappa shape index (κ2) is 12.5. The molecule has 2 heterocycles. The van der Waals surface area contributed by atoms with Crippen molar-refractivity contribution in [2.75, 3.05) is 52.5 Å². The molecule has 1 aromatic heterocycles. The summed E-state index contributed by atoms with van der Waals surface area (Å²) in [6, 6.07) is 0. The van der Waals surface area contributed by atoms with E-state index in [1.165, 1.54) is 6.20 Å². The number of morpholine rings is 1. The van der Waals surface area contributed by atoms with Crippen LogP contribution in [0, 0.1) is 12.8 Å². The molecule has 0 saturated carbocycles. The van der Waals surface area contributed by atoms with Gasteiger partial charge in [0.25, 0.3) is 5.91 Å². The molecule has 1 aliphatic rings. The molecule has 2 rings (SSSR count). The van der Waals surface area contributed by atoms with Gasteiger partial charge in [-0.25, -0.2) is 4.98 Å². The Balaban J connectivity index is 1.88. The van der Waals surface area contributed by atoms with Gasteiger partial charge in [-0.05, 0) is 25.7 Å². The van der Waals surface area contributed by atoms with Gasteiger partial charge in [-0.1, -0.05) is 13.8 Å². The summed E-state index contributed by atoms with van der Waals surface area (Å²) in [5, 5.41) is 2.94. The maximum atomic E-state index is 12.9. The van der Waals surface area contributed by atoms with Crippen LogP contribution in [0.2, 0.25) is 0 Å². The van der Waals surface area contributed by atoms with Gasteiger partial charge in [0.05, 0.1) is 25.1 Å². The Labute approximate surface area is 174 Å². The first-order valence-corrected chi connectivity index (χ1v) is 10.6. The van der Waals surface area contributed by atoms with Crippen LogP contribution in [-0.4, -0.2) is 84.1 Å². The first-order chi connectivity index (χ1) is 14.0. The minimum atomic E-state index is -0.172. The second-order valence-corrected chi connectivity index (χ2v) is 7.93. The van der Waals surface area contributed by atoms with Crippen molar-refractivity contribution in [3.05, 3.63) is 23.8 Å². The minimum Gasteiger partial charge on any atom is -0.379 e. The normalized spacial score (nSPS) is 14.8. The number of rotatable bonds is 11. The van der Waals surface area contributed by atoms with Gasteiger partial charge in [-0.3, -0.25) is 19.5 Å². The summed E-state index contributed by atoms with van der Waals surface area (Å²) >= 11 is 0. The van der Waals surface area contributed by atoms with E-state index in [2.05, 4.69) is 34.0 Å². The number of aryl methyl sites for hydroxylation is 1. The summed E-state index contributed by atoms with van der Waals surface area (Å²) in [6.07, 6.45) is 5.20. The lowest BCUT2D eigenvalue weighted by Gasteiger charge is -2.28. The van der Waals surface area contributed by atoms with E-state index in [1.807, 2.05) is 6.92 Å². The van der Waals surface area contributed by atoms with Crippen molar-refractivity contribution in [2.45, 2.75) is 40.0 Å². The largest absolute Gasteiger partial charge is 0.379 e. The van der Waals surface area contributed by atoms with Crippen LogP contribution in [0.5, 0.6) is 0 Å². The molecule has 1 aromatic rings. The molecule has 1 N–H and O–H groups in total. The highest BCUT2D eigenvalue weighted by atomic mass is 16.5. The Morgan fingerprint density at radius 2 is 1.97 bits per heavy atom. The molecule has 1 saturated heterocycles. The summed E-state index contributed by atoms with van der Waals surface area (Å²) in [5.74, 6) is 0.356. The van der Waals surface area contributed by atoms with Gasteiger partial charge in [-0.15, -0.1) is 0 Å². The number of carbonyl (C=O) groups excluding carboxylic acids is 2. The van der Waals surface area contributed by atoms with Gasteiger partial charge in [0.15, 0.2) is 0 Å². The first kappa shape index (κ1) is 23.2. The number of nitrogens with one attached hydrogen (secondary N) is 1. The summed E-state index contributed by atoms with van der Waals surface area (Å²) in [7, 11) is 0. The van der Waals surface area contributed by atoms with Crippen molar-refractivity contribution in [1.82, 2.24) is 25.1 Å². The lowest BCUT2D eigenvalue weighted by Crippen LogP contribution is -2.40. The number of ether oxygens (including phenoxy) is 1. The number of amides is 2. The molecular formula is C21H35N5O3. The molecule has 0 spiro atoms. The zero-order valence-electron chi connectivity index (χ0n) is 18.0. The molecule has 8 heteroatoms. The minimum absolute atomic E-state index is 0.0216. The van der Waals surface area contributed by atoms with Gasteiger partial charge in [0.2, 0.25) is 5.91 Å². The number of nitrogens with zero attached hydrogens (tertiary/aromatic N) is 4. The third kappa shape index (κ3) is 8.87. The quantitative estimate of drug-likeness (QED) is 0.600. The van der Waals surface area contributed by atoms with Crippen molar-refractivity contribution in [3.8, 4) is 0 Å². The predicted octanol–water partition coefficient (Wildman–Crippen LogP) is 1.50. The Hall–Kier alpha value is -2.06. The summed E-state index contributed by atoms with van der Waals surface area (Å²) in [4.78, 5) is 37.5. The van der Waals surface area contributed by atoms with E-state index in [9.17, 15) is 9.59 Å². The molecule has 0 aromatic carbocycles. The fourth-order valence-electron chi connectivity index (χ4n) is 3.12. The van der Waals surface area contributed by atoms with E-state index in [-0.39, 0.29) is 11.8 Å². The van der Waals surface area contributed by atoms with E-state index >= 15 is 0 Å². The first-order valence-electron chi connectivity index (χ1n) is 10.6. The van der Waals surface area contributed by atoms with E-state index in [4.69, 9.17) is 4.74 Å². The fraction of sp³-hybridized carbons (Fsp3) is 0.714. The van der Waals surface area contributed by atoms with Crippen LogP contribution in [0.3, 0.4) is 0 Å². The van der Waals surface area contributed by atoms with E-state index < -0.39 is 0 Å². The highest BCUT2D eigenvalue weighted by molar-refractivity contribution is 5.92. The number of carbonyl (C=O) groups is 2. The van der Waals surface area contributed by atoms with Crippen molar-refractivity contribution in [2.24, 2.45) is 5.92 Å². The Bertz CT molecular complexity index is 630. The second-order valence-electron chi connectivity index (χ2n) is 7.93. The van der Waals surface area contributed by atoms with Crippen LogP contribution in [0.1, 0.15) is 49.3 Å². The highest BCUT2D eigenvalue weighted by Crippen LogP contribution is 2.06. The Morgan fingerprint density at radius 3 is 2.62 bits per heavy atom. The van der Waals surface area contributed by atoms with E-state index in [0.717, 1.165) is 51.4 Å². The highest BCUT2D eigenvalue weighted by Gasteiger charge is 2.19. The molecule has 0 radical (unpaired) electrons. The molecule has 1 aliphatic heterocycles. The lowest BCUT2D eigenvalue weighted by molar-refractivity contribution is -0.121. The monoisotopic (exact) mass is 405 g/mol. The summed E-state index contributed by atoms with van der Waals surface area (Å²) < 4.78 is 5.38. The topological polar surface area (TPSA) is 87.7 Å². The number of aromatic nitrogens is 2. The molecule has 8 nitrogen and oxygen atoms in total. The van der Waals surface area contributed by atoms with Crippen LogP contribution >= 0.6 is 0 Å². The smallest absolute Gasteiger partial charge is 0.274 e. The maximum Gasteiger partial charge on any atom is 0.274 e. The lowest BCUT2D eigenvalue weighted by atomic mass is 10.1. The average molecular weight is 406 g/mol. The average Bonchev–Trinajstić information content (AvgIpc) is 2.71. The van der Waals surface area contributed by atoms with Crippen LogP contribution in [0.4, 0.5) is 0 Å². The van der Waals surface area contributed by atoms with Crippen molar-refractivity contribution in [3.63, 3.8) is 0 Å². The maximum absolute atomic E-state index is 12.9. The van der Waals surface area contributed by atoms with E-state index in [0.29, 0.717) is 37.7 Å². The molecule has 1 fully saturated rings. The van der Waals surface area contributed by atoms with Crippen LogP contribution < -0.4 is 5.32 Å². The molecule has 0 aliphatic carbocycles. The number of hydrogen-bond donors (Lipinski definition) is 1. The molecular weight excluding hydrogens is 370 g/mol. The molecule has 0 bridgehead atoms. The van der Waals surface area contributed by atoms with E-state index in [1.54, 1.807) is 11.1 Å². The summed E-state index contributed by atoms with van der Waals surface area (Å²) in [5.41, 5.74) is 1.09. The van der Waals surface area contributed by atoms with Gasteiger partial charge in [0, 0.05) is 51.9 Å². The third-order valence-corrected chi connectivity index (χ3v) is 4.95. The van der Waals surface area contributed by atoms with Crippen molar-refractivity contribution in [1.29, 1.82) is 0 Å². The summed E-state index contributed by atoms with van der Waals surface area (Å²) in [6.45, 7) is 12.0. The van der Waals surface area contributed by atoms with Gasteiger partial charge < -0.3 is 15.0 Å². The molecule has 162 valence electrons. The predicted molar refractivity (Wildman–Crippen MR) is 112 cm³/mol. The molecule has 29 heavy (non-hydrogen) atoms. The number of hydrogen-bond acceptors (Lipinski definition) is 6. The van der Waals surface area contributed by atoms with Crippen LogP contribution in [-0.2, 0) is 9.53 Å². The van der Waals surface area contributed by atoms with Crippen LogP contribution in [0.15, 0.2) is 12.4 Å².